The number of rotatable bonds is 7. The summed E-state index contributed by atoms with van der Waals surface area (Å²) in [4.78, 5) is 18.5. The smallest absolute Gasteiger partial charge is 0.338 e. The lowest BCUT2D eigenvalue weighted by atomic mass is 10.0. The quantitative estimate of drug-likeness (QED) is 0.273. The van der Waals surface area contributed by atoms with Crippen LogP contribution in [0.2, 0.25) is 0 Å². The summed E-state index contributed by atoms with van der Waals surface area (Å²) in [7, 11) is 1.88. The number of halogens is 6. The number of aromatic nitrogens is 4. The van der Waals surface area contributed by atoms with Gasteiger partial charge in [-0.2, -0.15) is 26.3 Å². The number of anilines is 2. The summed E-state index contributed by atoms with van der Waals surface area (Å²) < 4.78 is 79.4. The molecule has 0 aliphatic carbocycles. The molecule has 0 fully saturated rings. The minimum absolute atomic E-state index is 0.217. The van der Waals surface area contributed by atoms with Crippen molar-refractivity contribution in [1.82, 2.24) is 24.8 Å². The van der Waals surface area contributed by atoms with Crippen LogP contribution < -0.4 is 5.32 Å². The van der Waals surface area contributed by atoms with E-state index in [2.05, 4.69) is 25.3 Å². The number of hydrogen-bond donors (Lipinski definition) is 1. The molecule has 194 valence electrons. The molecule has 0 spiro atoms. The van der Waals surface area contributed by atoms with Crippen LogP contribution in [0.4, 0.5) is 37.8 Å². The maximum absolute atomic E-state index is 13.6. The Morgan fingerprint density at radius 1 is 0.919 bits per heavy atom. The first-order valence-corrected chi connectivity index (χ1v) is 11.3. The van der Waals surface area contributed by atoms with Crippen molar-refractivity contribution in [3.63, 3.8) is 0 Å². The predicted molar refractivity (Wildman–Crippen MR) is 127 cm³/mol. The van der Waals surface area contributed by atoms with E-state index in [-0.39, 0.29) is 22.8 Å². The zero-order valence-electron chi connectivity index (χ0n) is 19.8. The third kappa shape index (κ3) is 6.13. The van der Waals surface area contributed by atoms with E-state index in [1.54, 1.807) is 6.07 Å². The second-order valence-electron chi connectivity index (χ2n) is 8.41. The van der Waals surface area contributed by atoms with Crippen molar-refractivity contribution in [2.45, 2.75) is 32.2 Å². The summed E-state index contributed by atoms with van der Waals surface area (Å²) in [5, 5.41) is 3.44. The van der Waals surface area contributed by atoms with Gasteiger partial charge in [-0.1, -0.05) is 13.0 Å². The summed E-state index contributed by atoms with van der Waals surface area (Å²) in [6, 6.07) is 8.78. The van der Waals surface area contributed by atoms with Gasteiger partial charge in [-0.25, -0.2) is 15.0 Å². The Morgan fingerprint density at radius 3 is 2.35 bits per heavy atom. The molecule has 1 N–H and O–H groups in total. The summed E-state index contributed by atoms with van der Waals surface area (Å²) >= 11 is 0. The number of hydrogen-bond acceptors (Lipinski definition) is 6. The Labute approximate surface area is 208 Å². The average Bonchev–Trinajstić information content (AvgIpc) is 2.83. The molecule has 3 heterocycles. The van der Waals surface area contributed by atoms with Gasteiger partial charge in [0.1, 0.15) is 17.3 Å². The van der Waals surface area contributed by atoms with Gasteiger partial charge in [-0.15, -0.1) is 0 Å². The lowest BCUT2D eigenvalue weighted by Crippen LogP contribution is -2.20. The highest BCUT2D eigenvalue weighted by Gasteiger charge is 2.34. The third-order valence-electron chi connectivity index (χ3n) is 5.46. The molecule has 0 atom stereocenters. The molecule has 0 unspecified atom stereocenters. The van der Waals surface area contributed by atoms with Gasteiger partial charge in [0.05, 0.1) is 35.2 Å². The second kappa shape index (κ2) is 10.3. The van der Waals surface area contributed by atoms with E-state index in [1.807, 2.05) is 18.9 Å². The van der Waals surface area contributed by atoms with E-state index >= 15 is 0 Å². The van der Waals surface area contributed by atoms with E-state index in [4.69, 9.17) is 0 Å². The molecule has 0 aliphatic rings. The van der Waals surface area contributed by atoms with E-state index in [0.29, 0.717) is 23.3 Å². The molecular weight excluding hydrogens is 498 g/mol. The number of pyridine rings is 2. The van der Waals surface area contributed by atoms with Crippen LogP contribution in [0.15, 0.2) is 54.9 Å². The van der Waals surface area contributed by atoms with E-state index in [1.165, 1.54) is 30.5 Å². The van der Waals surface area contributed by atoms with Crippen LogP contribution in [0, 0.1) is 0 Å². The lowest BCUT2D eigenvalue weighted by Gasteiger charge is -2.17. The van der Waals surface area contributed by atoms with Gasteiger partial charge < -0.3 is 5.32 Å². The normalized spacial score (nSPS) is 12.4. The molecule has 4 aromatic rings. The topological polar surface area (TPSA) is 66.8 Å². The van der Waals surface area contributed by atoms with Crippen LogP contribution in [0.3, 0.4) is 0 Å². The van der Waals surface area contributed by atoms with Crippen LogP contribution in [-0.2, 0) is 18.9 Å². The molecule has 0 radical (unpaired) electrons. The Bertz CT molecular complexity index is 1390. The van der Waals surface area contributed by atoms with Crippen molar-refractivity contribution in [2.75, 3.05) is 18.9 Å². The summed E-state index contributed by atoms with van der Waals surface area (Å²) in [5.74, 6) is 0.676. The van der Waals surface area contributed by atoms with Crippen molar-refractivity contribution in [2.24, 2.45) is 0 Å². The molecule has 0 amide bonds. The fourth-order valence-electron chi connectivity index (χ4n) is 3.83. The van der Waals surface area contributed by atoms with E-state index in [0.717, 1.165) is 31.3 Å². The van der Waals surface area contributed by atoms with Crippen LogP contribution in [0.25, 0.3) is 22.2 Å². The molecule has 6 nitrogen and oxygen atoms in total. The Balaban J connectivity index is 1.80. The molecule has 3 aromatic heterocycles. The highest BCUT2D eigenvalue weighted by atomic mass is 19.4. The van der Waals surface area contributed by atoms with Crippen LogP contribution >= 0.6 is 0 Å². The predicted octanol–water partition coefficient (Wildman–Crippen LogP) is 6.71. The number of nitrogens with one attached hydrogen (secondary N) is 1. The first kappa shape index (κ1) is 26.3. The Kier molecular flexibility index (Phi) is 7.30. The van der Waals surface area contributed by atoms with Crippen LogP contribution in [0.1, 0.15) is 30.4 Å². The zero-order chi connectivity index (χ0) is 26.8. The molecule has 12 heteroatoms. The summed E-state index contributed by atoms with van der Waals surface area (Å²) in [6.07, 6.45) is -5.96. The SMILES string of the molecule is CCCN(C)Cc1nc(Nc2ccc(C(F)(F)F)nc2)c2ccc(-c3ncccc3C(F)(F)F)cc2n1. The van der Waals surface area contributed by atoms with Crippen molar-refractivity contribution >= 4 is 22.4 Å². The van der Waals surface area contributed by atoms with Gasteiger partial charge >= 0.3 is 12.4 Å². The molecule has 0 aliphatic heterocycles. The minimum Gasteiger partial charge on any atom is -0.338 e. The van der Waals surface area contributed by atoms with Crippen LogP contribution in [0.5, 0.6) is 0 Å². The molecule has 4 rings (SSSR count). The average molecular weight is 520 g/mol. The fourth-order valence-corrected chi connectivity index (χ4v) is 3.83. The van der Waals surface area contributed by atoms with Gasteiger partial charge in [-0.3, -0.25) is 9.88 Å². The molecule has 0 bridgehead atoms. The minimum atomic E-state index is -4.60. The number of nitrogens with zero attached hydrogens (tertiary/aromatic N) is 5. The Morgan fingerprint density at radius 2 is 1.70 bits per heavy atom. The number of alkyl halides is 6. The maximum Gasteiger partial charge on any atom is 0.433 e. The first-order chi connectivity index (χ1) is 17.5. The molecule has 37 heavy (non-hydrogen) atoms. The van der Waals surface area contributed by atoms with Gasteiger partial charge in [0.25, 0.3) is 0 Å². The molecule has 0 saturated carbocycles. The van der Waals surface area contributed by atoms with Gasteiger partial charge in [0, 0.05) is 17.1 Å². The fraction of sp³-hybridized carbons (Fsp3) is 0.280. The largest absolute Gasteiger partial charge is 0.433 e. The third-order valence-corrected chi connectivity index (χ3v) is 5.46. The summed E-state index contributed by atoms with van der Waals surface area (Å²) in [6.45, 7) is 3.13. The van der Waals surface area contributed by atoms with Crippen molar-refractivity contribution in [1.29, 1.82) is 0 Å². The molecule has 1 aromatic carbocycles. The summed E-state index contributed by atoms with van der Waals surface area (Å²) in [5.41, 5.74) is -1.31. The van der Waals surface area contributed by atoms with E-state index in [9.17, 15) is 26.3 Å². The van der Waals surface area contributed by atoms with Gasteiger partial charge in [-0.05, 0) is 56.4 Å². The number of benzene rings is 1. The van der Waals surface area contributed by atoms with Gasteiger partial charge in [0.2, 0.25) is 0 Å². The maximum atomic E-state index is 13.6. The zero-order valence-corrected chi connectivity index (χ0v) is 19.8. The highest BCUT2D eigenvalue weighted by molar-refractivity contribution is 5.93. The number of fused-ring (bicyclic) bond motifs is 1. The molecule has 0 saturated heterocycles. The highest BCUT2D eigenvalue weighted by Crippen LogP contribution is 2.37. The van der Waals surface area contributed by atoms with Gasteiger partial charge in [0.15, 0.2) is 0 Å². The van der Waals surface area contributed by atoms with Crippen molar-refractivity contribution < 1.29 is 26.3 Å². The second-order valence-corrected chi connectivity index (χ2v) is 8.41. The standard InChI is InChI=1S/C25H22F6N6/c1-3-11-37(2)14-21-35-19-12-15(22-18(24(26,27)28)5-4-10-32-22)6-8-17(19)23(36-21)34-16-7-9-20(33-13-16)25(29,30)31/h4-10,12-13H,3,11,14H2,1-2H3,(H,34,35,36). The van der Waals surface area contributed by atoms with Crippen molar-refractivity contribution in [3.8, 4) is 11.3 Å². The molecular formula is C25H22F6N6. The van der Waals surface area contributed by atoms with Crippen molar-refractivity contribution in [3.05, 3.63) is 71.9 Å². The monoisotopic (exact) mass is 520 g/mol. The lowest BCUT2D eigenvalue weighted by molar-refractivity contribution is -0.141. The van der Waals surface area contributed by atoms with Crippen LogP contribution in [-0.4, -0.2) is 38.4 Å². The first-order valence-electron chi connectivity index (χ1n) is 11.3. The Hall–Kier alpha value is -3.80. The van der Waals surface area contributed by atoms with E-state index < -0.39 is 23.6 Å².